The third-order valence-corrected chi connectivity index (χ3v) is 0.496. The van der Waals surface area contributed by atoms with Gasteiger partial charge in [0.1, 0.15) is 6.61 Å². The molecule has 0 saturated carbocycles. The quantitative estimate of drug-likeness (QED) is 0.342. The molecule has 0 N–H and O–H groups in total. The molecule has 11 heavy (non-hydrogen) atoms. The van der Waals surface area contributed by atoms with Gasteiger partial charge in [-0.25, -0.2) is 0 Å². The van der Waals surface area contributed by atoms with Crippen molar-refractivity contribution in [3.05, 3.63) is 25.3 Å². The van der Waals surface area contributed by atoms with Gasteiger partial charge in [0.15, 0.2) is 0 Å². The molecule has 0 rings (SSSR count). The fourth-order valence-electron chi connectivity index (χ4n) is 0.176. The number of rotatable bonds is 2. The number of nitrogens with zero attached hydrogens (tertiary/aromatic N) is 1. The Kier molecular flexibility index (Phi) is 12.4. The van der Waals surface area contributed by atoms with Crippen molar-refractivity contribution >= 4 is 5.97 Å². The van der Waals surface area contributed by atoms with E-state index in [9.17, 15) is 4.79 Å². The Hall–Kier alpha value is -1.56. The van der Waals surface area contributed by atoms with E-state index in [1.165, 1.54) is 19.1 Å². The molecule has 0 aromatic rings. The zero-order valence-electron chi connectivity index (χ0n) is 6.54. The minimum absolute atomic E-state index is 0.264. The van der Waals surface area contributed by atoms with Gasteiger partial charge in [-0.05, 0) is 0 Å². The summed E-state index contributed by atoms with van der Waals surface area (Å²) in [6.45, 7) is 8.15. The van der Waals surface area contributed by atoms with Crippen molar-refractivity contribution in [3.63, 3.8) is 0 Å². The number of ether oxygens (including phenoxy) is 1. The number of nitriles is 1. The first-order chi connectivity index (χ1) is 5.18. The predicted octanol–water partition coefficient (Wildman–Crippen LogP) is 1.43. The van der Waals surface area contributed by atoms with Crippen LogP contribution in [0, 0.1) is 11.3 Å². The molecule has 0 aromatic carbocycles. The van der Waals surface area contributed by atoms with Crippen LogP contribution in [-0.4, -0.2) is 12.6 Å². The molecule has 0 spiro atoms. The molecule has 3 nitrogen and oxygen atoms in total. The smallest absolute Gasteiger partial charge is 0.302 e. The first kappa shape index (κ1) is 12.1. The third kappa shape index (κ3) is 29.6. The van der Waals surface area contributed by atoms with E-state index in [4.69, 9.17) is 5.26 Å². The molecule has 0 aromatic heterocycles. The van der Waals surface area contributed by atoms with Gasteiger partial charge in [-0.1, -0.05) is 19.2 Å². The lowest BCUT2D eigenvalue weighted by atomic mass is 10.7. The van der Waals surface area contributed by atoms with Crippen molar-refractivity contribution in [3.8, 4) is 6.07 Å². The SMILES string of the molecule is C=CC#N.C=CCOC(C)=O. The van der Waals surface area contributed by atoms with Gasteiger partial charge in [-0.15, -0.1) is 0 Å². The summed E-state index contributed by atoms with van der Waals surface area (Å²) in [7, 11) is 0. The minimum atomic E-state index is -0.264. The second-order valence-electron chi connectivity index (χ2n) is 1.42. The van der Waals surface area contributed by atoms with Crippen LogP contribution in [0.1, 0.15) is 6.92 Å². The molecule has 0 aliphatic carbocycles. The van der Waals surface area contributed by atoms with Crippen LogP contribution < -0.4 is 0 Å². The summed E-state index contributed by atoms with van der Waals surface area (Å²) < 4.78 is 4.43. The van der Waals surface area contributed by atoms with Gasteiger partial charge in [-0.2, -0.15) is 5.26 Å². The lowest BCUT2D eigenvalue weighted by molar-refractivity contribution is -0.139. The third-order valence-electron chi connectivity index (χ3n) is 0.496. The number of hydrogen-bond donors (Lipinski definition) is 0. The largest absolute Gasteiger partial charge is 0.462 e. The Morgan fingerprint density at radius 2 is 2.18 bits per heavy atom. The fraction of sp³-hybridized carbons (Fsp3) is 0.250. The molecule has 0 aliphatic heterocycles. The summed E-state index contributed by atoms with van der Waals surface area (Å²) >= 11 is 0. The minimum Gasteiger partial charge on any atom is -0.462 e. The van der Waals surface area contributed by atoms with Gasteiger partial charge >= 0.3 is 5.97 Å². The van der Waals surface area contributed by atoms with E-state index in [2.05, 4.69) is 17.9 Å². The number of carbonyl (C=O) groups is 1. The summed E-state index contributed by atoms with van der Waals surface area (Å²) in [5.41, 5.74) is 0. The van der Waals surface area contributed by atoms with Crippen LogP contribution in [-0.2, 0) is 9.53 Å². The topological polar surface area (TPSA) is 50.1 Å². The van der Waals surface area contributed by atoms with E-state index in [1.807, 2.05) is 0 Å². The first-order valence-corrected chi connectivity index (χ1v) is 2.93. The Bertz CT molecular complexity index is 167. The highest BCUT2D eigenvalue weighted by molar-refractivity contribution is 5.65. The Balaban J connectivity index is 0. The average Bonchev–Trinajstić information content (AvgIpc) is 2.01. The van der Waals surface area contributed by atoms with Crippen LogP contribution in [0.3, 0.4) is 0 Å². The van der Waals surface area contributed by atoms with E-state index in [-0.39, 0.29) is 5.97 Å². The van der Waals surface area contributed by atoms with Crippen LogP contribution in [0.15, 0.2) is 25.3 Å². The maximum Gasteiger partial charge on any atom is 0.302 e. The van der Waals surface area contributed by atoms with Crippen molar-refractivity contribution < 1.29 is 9.53 Å². The molecule has 0 heterocycles. The molecule has 0 radical (unpaired) electrons. The molecule has 0 bridgehead atoms. The Labute approximate surface area is 66.6 Å². The molecule has 0 atom stereocenters. The highest BCUT2D eigenvalue weighted by Gasteiger charge is 1.83. The van der Waals surface area contributed by atoms with Gasteiger partial charge in [0, 0.05) is 13.0 Å². The van der Waals surface area contributed by atoms with Crippen molar-refractivity contribution in [2.75, 3.05) is 6.61 Å². The second kappa shape index (κ2) is 11.3. The molecular formula is C8H11NO2. The molecule has 0 fully saturated rings. The summed E-state index contributed by atoms with van der Waals surface area (Å²) in [5.74, 6) is -0.264. The fourth-order valence-corrected chi connectivity index (χ4v) is 0.176. The van der Waals surface area contributed by atoms with Crippen molar-refractivity contribution in [2.45, 2.75) is 6.92 Å². The summed E-state index contributed by atoms with van der Waals surface area (Å²) in [6.07, 6.45) is 2.71. The molecule has 60 valence electrons. The highest BCUT2D eigenvalue weighted by Crippen LogP contribution is 1.73. The van der Waals surface area contributed by atoms with Crippen molar-refractivity contribution in [1.82, 2.24) is 0 Å². The van der Waals surface area contributed by atoms with Crippen LogP contribution in [0.5, 0.6) is 0 Å². The van der Waals surface area contributed by atoms with Gasteiger partial charge in [0.05, 0.1) is 6.07 Å². The summed E-state index contributed by atoms with van der Waals surface area (Å²) in [5, 5.41) is 7.51. The lowest BCUT2D eigenvalue weighted by Gasteiger charge is -1.90. The molecule has 3 heteroatoms. The molecule has 0 aliphatic rings. The highest BCUT2D eigenvalue weighted by atomic mass is 16.5. The van der Waals surface area contributed by atoms with Crippen LogP contribution in [0.4, 0.5) is 0 Å². The number of carbonyl (C=O) groups excluding carboxylic acids is 1. The van der Waals surface area contributed by atoms with Crippen LogP contribution >= 0.6 is 0 Å². The molecule has 0 unspecified atom stereocenters. The van der Waals surface area contributed by atoms with E-state index < -0.39 is 0 Å². The Morgan fingerprint density at radius 1 is 1.73 bits per heavy atom. The number of hydrogen-bond acceptors (Lipinski definition) is 3. The monoisotopic (exact) mass is 153 g/mol. The van der Waals surface area contributed by atoms with Crippen molar-refractivity contribution in [1.29, 1.82) is 5.26 Å². The lowest BCUT2D eigenvalue weighted by Crippen LogP contribution is -1.96. The van der Waals surface area contributed by atoms with Gasteiger partial charge in [0.25, 0.3) is 0 Å². The zero-order chi connectivity index (χ0) is 9.11. The van der Waals surface area contributed by atoms with Gasteiger partial charge in [-0.3, -0.25) is 4.79 Å². The molecular weight excluding hydrogens is 142 g/mol. The second-order valence-corrected chi connectivity index (χ2v) is 1.42. The van der Waals surface area contributed by atoms with E-state index >= 15 is 0 Å². The number of esters is 1. The summed E-state index contributed by atoms with van der Waals surface area (Å²) in [4.78, 5) is 9.93. The average molecular weight is 153 g/mol. The Morgan fingerprint density at radius 3 is 2.27 bits per heavy atom. The zero-order valence-corrected chi connectivity index (χ0v) is 6.54. The van der Waals surface area contributed by atoms with Crippen molar-refractivity contribution in [2.24, 2.45) is 0 Å². The maximum atomic E-state index is 9.93. The first-order valence-electron chi connectivity index (χ1n) is 2.93. The summed E-state index contributed by atoms with van der Waals surface area (Å²) in [6, 6.07) is 1.69. The maximum absolute atomic E-state index is 9.93. The van der Waals surface area contributed by atoms with E-state index in [0.29, 0.717) is 6.61 Å². The van der Waals surface area contributed by atoms with Crippen LogP contribution in [0.2, 0.25) is 0 Å². The van der Waals surface area contributed by atoms with Gasteiger partial charge < -0.3 is 4.74 Å². The standard InChI is InChI=1S/C5H8O2.C3H3N/c1-3-4-7-5(2)6;1-2-3-4/h3H,1,4H2,2H3;2H,1H2. The van der Waals surface area contributed by atoms with Gasteiger partial charge in [0.2, 0.25) is 0 Å². The molecule has 0 saturated heterocycles. The predicted molar refractivity (Wildman–Crippen MR) is 42.6 cm³/mol. The number of allylic oxidation sites excluding steroid dienone is 1. The normalized spacial score (nSPS) is 6.18. The van der Waals surface area contributed by atoms with E-state index in [0.717, 1.165) is 0 Å². The molecule has 0 amide bonds. The van der Waals surface area contributed by atoms with E-state index in [1.54, 1.807) is 6.07 Å². The van der Waals surface area contributed by atoms with Crippen LogP contribution in [0.25, 0.3) is 0 Å².